The van der Waals surface area contributed by atoms with Crippen LogP contribution in [-0.2, 0) is 4.79 Å². The molecule has 0 atom stereocenters. The van der Waals surface area contributed by atoms with E-state index < -0.39 is 0 Å². The normalized spacial score (nSPS) is 20.6. The van der Waals surface area contributed by atoms with Crippen LogP contribution in [0.2, 0.25) is 0 Å². The van der Waals surface area contributed by atoms with Crippen LogP contribution in [0.15, 0.2) is 0 Å². The Morgan fingerprint density at radius 2 is 1.81 bits per heavy atom. The fourth-order valence-corrected chi connectivity index (χ4v) is 2.49. The molecular weight excluding hydrogens is 222 g/mol. The molecule has 94 valence electrons. The van der Waals surface area contributed by atoms with E-state index in [-0.39, 0.29) is 16.9 Å². The summed E-state index contributed by atoms with van der Waals surface area (Å²) in [4.78, 5) is 14.3. The molecule has 16 heavy (non-hydrogen) atoms. The molecule has 0 saturated heterocycles. The average Bonchev–Trinajstić information content (AvgIpc) is 2.28. The summed E-state index contributed by atoms with van der Waals surface area (Å²) in [5.41, 5.74) is -0.407. The van der Waals surface area contributed by atoms with Crippen LogP contribution in [0.5, 0.6) is 0 Å². The summed E-state index contributed by atoms with van der Waals surface area (Å²) < 4.78 is 0. The van der Waals surface area contributed by atoms with Gasteiger partial charge < -0.3 is 4.90 Å². The van der Waals surface area contributed by atoms with E-state index in [4.69, 9.17) is 11.6 Å². The second-order valence-electron chi connectivity index (χ2n) is 5.93. The Bertz CT molecular complexity index is 257. The van der Waals surface area contributed by atoms with Crippen molar-refractivity contribution in [3.63, 3.8) is 0 Å². The van der Waals surface area contributed by atoms with Gasteiger partial charge in [0.15, 0.2) is 0 Å². The fraction of sp³-hybridized carbons (Fsp3) is 0.923. The first-order valence-electron chi connectivity index (χ1n) is 6.18. The monoisotopic (exact) mass is 245 g/mol. The van der Waals surface area contributed by atoms with Crippen LogP contribution in [-0.4, -0.2) is 29.3 Å². The van der Waals surface area contributed by atoms with Gasteiger partial charge in [-0.05, 0) is 26.7 Å². The number of hydrogen-bond donors (Lipinski definition) is 0. The second-order valence-corrected chi connectivity index (χ2v) is 6.20. The van der Waals surface area contributed by atoms with Gasteiger partial charge in [0.25, 0.3) is 0 Å². The minimum Gasteiger partial charge on any atom is -0.339 e. The van der Waals surface area contributed by atoms with Crippen molar-refractivity contribution in [3.8, 4) is 0 Å². The molecule has 0 unspecified atom stereocenters. The lowest BCUT2D eigenvalue weighted by atomic mass is 9.74. The fourth-order valence-electron chi connectivity index (χ4n) is 2.32. The highest BCUT2D eigenvalue weighted by Gasteiger charge is 2.40. The highest BCUT2D eigenvalue weighted by molar-refractivity contribution is 6.18. The number of alkyl halides is 1. The smallest absolute Gasteiger partial charge is 0.228 e. The number of amides is 1. The summed E-state index contributed by atoms with van der Waals surface area (Å²) in [7, 11) is 1.88. The molecule has 1 amide bonds. The lowest BCUT2D eigenvalue weighted by molar-refractivity contribution is -0.146. The first-order chi connectivity index (χ1) is 7.33. The Kier molecular flexibility index (Phi) is 4.28. The maximum absolute atomic E-state index is 12.5. The van der Waals surface area contributed by atoms with Gasteiger partial charge >= 0.3 is 0 Å². The van der Waals surface area contributed by atoms with E-state index in [9.17, 15) is 4.79 Å². The van der Waals surface area contributed by atoms with Gasteiger partial charge in [0.1, 0.15) is 0 Å². The van der Waals surface area contributed by atoms with Crippen LogP contribution < -0.4 is 0 Å². The van der Waals surface area contributed by atoms with Crippen molar-refractivity contribution in [3.05, 3.63) is 0 Å². The van der Waals surface area contributed by atoms with Gasteiger partial charge in [-0.1, -0.05) is 26.2 Å². The summed E-state index contributed by atoms with van der Waals surface area (Å²) in [6, 6.07) is 0. The quantitative estimate of drug-likeness (QED) is 0.698. The first kappa shape index (κ1) is 13.8. The van der Waals surface area contributed by atoms with Gasteiger partial charge in [-0.15, -0.1) is 11.6 Å². The zero-order chi connectivity index (χ0) is 12.4. The summed E-state index contributed by atoms with van der Waals surface area (Å²) in [5.74, 6) is 0.739. The van der Waals surface area contributed by atoms with Gasteiger partial charge in [-0.3, -0.25) is 4.79 Å². The van der Waals surface area contributed by atoms with Crippen molar-refractivity contribution in [2.24, 2.45) is 5.41 Å². The van der Waals surface area contributed by atoms with Crippen LogP contribution in [0.3, 0.4) is 0 Å². The number of rotatable bonds is 3. The predicted molar refractivity (Wildman–Crippen MR) is 68.8 cm³/mol. The Morgan fingerprint density at radius 3 is 2.25 bits per heavy atom. The minimum atomic E-state index is -0.251. The van der Waals surface area contributed by atoms with E-state index in [1.807, 2.05) is 25.8 Å². The summed E-state index contributed by atoms with van der Waals surface area (Å²) in [6.45, 7) is 6.14. The molecule has 1 aliphatic rings. The Labute approximate surface area is 104 Å². The van der Waals surface area contributed by atoms with Crippen LogP contribution in [0, 0.1) is 5.41 Å². The molecule has 1 fully saturated rings. The van der Waals surface area contributed by atoms with Crippen molar-refractivity contribution >= 4 is 17.5 Å². The molecule has 1 rings (SSSR count). The summed E-state index contributed by atoms with van der Waals surface area (Å²) >= 11 is 5.92. The summed E-state index contributed by atoms with van der Waals surface area (Å²) in [6.07, 6.45) is 5.67. The van der Waals surface area contributed by atoms with E-state index in [1.165, 1.54) is 19.3 Å². The summed E-state index contributed by atoms with van der Waals surface area (Å²) in [5, 5.41) is 0. The van der Waals surface area contributed by atoms with Gasteiger partial charge in [0, 0.05) is 18.3 Å². The molecule has 3 heteroatoms. The maximum Gasteiger partial charge on any atom is 0.228 e. The molecule has 0 bridgehead atoms. The lowest BCUT2D eigenvalue weighted by Gasteiger charge is -2.42. The lowest BCUT2D eigenvalue weighted by Crippen LogP contribution is -2.52. The molecule has 1 aliphatic carbocycles. The van der Waals surface area contributed by atoms with E-state index in [0.29, 0.717) is 5.88 Å². The molecule has 0 spiro atoms. The molecular formula is C13H24ClNO. The van der Waals surface area contributed by atoms with Crippen LogP contribution >= 0.6 is 11.6 Å². The van der Waals surface area contributed by atoms with Gasteiger partial charge in [-0.2, -0.15) is 0 Å². The number of hydrogen-bond acceptors (Lipinski definition) is 1. The molecule has 1 saturated carbocycles. The zero-order valence-electron chi connectivity index (χ0n) is 11.0. The Hall–Kier alpha value is -0.240. The zero-order valence-corrected chi connectivity index (χ0v) is 11.7. The number of carbonyl (C=O) groups is 1. The third kappa shape index (κ3) is 2.71. The van der Waals surface area contributed by atoms with Gasteiger partial charge in [-0.25, -0.2) is 0 Å². The number of halogens is 1. The second kappa shape index (κ2) is 4.95. The molecule has 0 heterocycles. The third-order valence-corrected chi connectivity index (χ3v) is 4.67. The number of nitrogens with zero attached hydrogens (tertiary/aromatic N) is 1. The Morgan fingerprint density at radius 1 is 1.31 bits per heavy atom. The third-order valence-electron chi connectivity index (χ3n) is 4.01. The van der Waals surface area contributed by atoms with Crippen LogP contribution in [0.25, 0.3) is 0 Å². The largest absolute Gasteiger partial charge is 0.339 e. The molecule has 0 aliphatic heterocycles. The van der Waals surface area contributed by atoms with Crippen molar-refractivity contribution in [2.45, 2.75) is 58.4 Å². The standard InChI is InChI=1S/C13H24ClNO/c1-12(2,10-14)15(4)11(16)13(3)8-6-5-7-9-13/h5-10H2,1-4H3. The predicted octanol–water partition coefficient (Wildman–Crippen LogP) is 3.43. The molecule has 0 N–H and O–H groups in total. The molecule has 0 aromatic carbocycles. The molecule has 0 radical (unpaired) electrons. The van der Waals surface area contributed by atoms with Crippen molar-refractivity contribution < 1.29 is 4.79 Å². The van der Waals surface area contributed by atoms with E-state index in [0.717, 1.165) is 12.8 Å². The van der Waals surface area contributed by atoms with Crippen LogP contribution in [0.1, 0.15) is 52.9 Å². The number of carbonyl (C=O) groups excluding carboxylic acids is 1. The van der Waals surface area contributed by atoms with Crippen molar-refractivity contribution in [2.75, 3.05) is 12.9 Å². The maximum atomic E-state index is 12.5. The highest BCUT2D eigenvalue weighted by atomic mass is 35.5. The first-order valence-corrected chi connectivity index (χ1v) is 6.71. The van der Waals surface area contributed by atoms with Crippen LogP contribution in [0.4, 0.5) is 0 Å². The molecule has 0 aromatic heterocycles. The topological polar surface area (TPSA) is 20.3 Å². The average molecular weight is 246 g/mol. The Balaban J connectivity index is 2.76. The highest BCUT2D eigenvalue weighted by Crippen LogP contribution is 2.38. The SMILES string of the molecule is CN(C(=O)C1(C)CCCCC1)C(C)(C)CCl. The van der Waals surface area contributed by atoms with Gasteiger partial charge in [0.2, 0.25) is 5.91 Å². The minimum absolute atomic E-state index is 0.156. The molecule has 0 aromatic rings. The van der Waals surface area contributed by atoms with E-state index in [2.05, 4.69) is 6.92 Å². The molecule has 2 nitrogen and oxygen atoms in total. The van der Waals surface area contributed by atoms with Crippen molar-refractivity contribution in [1.82, 2.24) is 4.90 Å². The van der Waals surface area contributed by atoms with E-state index in [1.54, 1.807) is 0 Å². The van der Waals surface area contributed by atoms with Crippen molar-refractivity contribution in [1.29, 1.82) is 0 Å². The van der Waals surface area contributed by atoms with E-state index >= 15 is 0 Å². The van der Waals surface area contributed by atoms with Gasteiger partial charge in [0.05, 0.1) is 5.54 Å².